The largest absolute Gasteiger partial charge is 0.477 e. The molecule has 0 saturated heterocycles. The van der Waals surface area contributed by atoms with Gasteiger partial charge in [0.1, 0.15) is 5.69 Å². The number of carbonyl (C=O) groups is 2. The quantitative estimate of drug-likeness (QED) is 0.601. The number of rotatable bonds is 6. The molecule has 0 radical (unpaired) electrons. The fourth-order valence-electron chi connectivity index (χ4n) is 2.00. The fraction of sp³-hybridized carbons (Fsp3) is 0.538. The molecule has 0 unspecified atom stereocenters. The van der Waals surface area contributed by atoms with Crippen molar-refractivity contribution >= 4 is 11.9 Å². The van der Waals surface area contributed by atoms with Gasteiger partial charge in [0, 0.05) is 12.6 Å². The summed E-state index contributed by atoms with van der Waals surface area (Å²) in [6, 6.07) is 0. The van der Waals surface area contributed by atoms with Crippen LogP contribution in [0.1, 0.15) is 47.1 Å². The number of aromatic amines is 1. The van der Waals surface area contributed by atoms with Gasteiger partial charge in [-0.1, -0.05) is 0 Å². The molecular formula is C13H19NO4. The van der Waals surface area contributed by atoms with Crippen LogP contribution in [0.15, 0.2) is 0 Å². The minimum absolute atomic E-state index is 0.266. The van der Waals surface area contributed by atoms with Crippen LogP contribution in [-0.4, -0.2) is 28.6 Å². The second kappa shape index (κ2) is 6.23. The minimum atomic E-state index is -0.929. The molecule has 0 aliphatic rings. The average molecular weight is 253 g/mol. The van der Waals surface area contributed by atoms with Crippen LogP contribution in [0.5, 0.6) is 0 Å². The number of carboxylic acids is 1. The summed E-state index contributed by atoms with van der Waals surface area (Å²) in [6.07, 6.45) is 2.45. The number of carboxylic acid groups (broad SMARTS) is 1. The number of carbonyl (C=O) groups excluding carboxylic acids is 1. The first-order valence-electron chi connectivity index (χ1n) is 5.98. The Bertz CT molecular complexity index is 448. The average Bonchev–Trinajstić information content (AvgIpc) is 2.55. The summed E-state index contributed by atoms with van der Waals surface area (Å²) in [5, 5.41) is 8.99. The van der Waals surface area contributed by atoms with Gasteiger partial charge in [0.05, 0.1) is 6.61 Å². The van der Waals surface area contributed by atoms with Gasteiger partial charge in [0.15, 0.2) is 0 Å². The van der Waals surface area contributed by atoms with E-state index in [9.17, 15) is 9.59 Å². The molecule has 0 saturated carbocycles. The van der Waals surface area contributed by atoms with E-state index in [1.807, 2.05) is 13.8 Å². The molecule has 0 atom stereocenters. The van der Waals surface area contributed by atoms with Gasteiger partial charge in [-0.15, -0.1) is 0 Å². The van der Waals surface area contributed by atoms with Crippen LogP contribution in [0, 0.1) is 13.8 Å². The Labute approximate surface area is 106 Å². The molecule has 0 amide bonds. The first-order valence-corrected chi connectivity index (χ1v) is 5.98. The van der Waals surface area contributed by atoms with Crippen molar-refractivity contribution in [2.24, 2.45) is 0 Å². The van der Waals surface area contributed by atoms with Crippen LogP contribution in [0.25, 0.3) is 0 Å². The van der Waals surface area contributed by atoms with Gasteiger partial charge in [-0.05, 0) is 44.2 Å². The zero-order chi connectivity index (χ0) is 13.7. The van der Waals surface area contributed by atoms with E-state index in [4.69, 9.17) is 9.84 Å². The summed E-state index contributed by atoms with van der Waals surface area (Å²) in [5.41, 5.74) is 3.02. The second-order valence-electron chi connectivity index (χ2n) is 4.33. The first kappa shape index (κ1) is 14.3. The Morgan fingerprint density at radius 1 is 1.28 bits per heavy atom. The van der Waals surface area contributed by atoms with E-state index in [1.54, 1.807) is 0 Å². The van der Waals surface area contributed by atoms with Crippen molar-refractivity contribution in [1.82, 2.24) is 4.98 Å². The number of unbranched alkanes of at least 4 members (excludes halogenated alkanes) is 1. The van der Waals surface area contributed by atoms with Gasteiger partial charge < -0.3 is 14.8 Å². The number of aromatic carboxylic acids is 1. The second-order valence-corrected chi connectivity index (χ2v) is 4.33. The summed E-state index contributed by atoms with van der Waals surface area (Å²) in [4.78, 5) is 24.4. The van der Waals surface area contributed by atoms with Crippen LogP contribution in [0.4, 0.5) is 0 Å². The lowest BCUT2D eigenvalue weighted by Gasteiger charge is -2.03. The number of aromatic nitrogens is 1. The molecule has 1 rings (SSSR count). The maximum atomic E-state index is 10.9. The molecule has 0 spiro atoms. The fourth-order valence-corrected chi connectivity index (χ4v) is 2.00. The standard InChI is InChI=1S/C13H19NO4/c1-8-11(6-4-5-7-18-10(3)15)9(2)14-12(8)13(16)17/h14H,4-7H2,1-3H3,(H,16,17). The lowest BCUT2D eigenvalue weighted by atomic mass is 10.0. The SMILES string of the molecule is CC(=O)OCCCCc1c(C)[nH]c(C(=O)O)c1C. The van der Waals surface area contributed by atoms with E-state index in [1.165, 1.54) is 6.92 Å². The number of aryl methyl sites for hydroxylation is 1. The van der Waals surface area contributed by atoms with E-state index >= 15 is 0 Å². The number of ether oxygens (including phenoxy) is 1. The maximum Gasteiger partial charge on any atom is 0.352 e. The Morgan fingerprint density at radius 2 is 1.94 bits per heavy atom. The summed E-state index contributed by atoms with van der Waals surface area (Å²) in [6.45, 7) is 5.50. The third kappa shape index (κ3) is 3.61. The van der Waals surface area contributed by atoms with Crippen molar-refractivity contribution in [3.63, 3.8) is 0 Å². The third-order valence-corrected chi connectivity index (χ3v) is 2.93. The van der Waals surface area contributed by atoms with E-state index in [0.717, 1.165) is 36.1 Å². The molecule has 0 aliphatic heterocycles. The van der Waals surface area contributed by atoms with Crippen LogP contribution in [0.2, 0.25) is 0 Å². The molecule has 0 bridgehead atoms. The molecule has 100 valence electrons. The van der Waals surface area contributed by atoms with Crippen molar-refractivity contribution in [2.45, 2.75) is 40.0 Å². The number of hydrogen-bond acceptors (Lipinski definition) is 3. The van der Waals surface area contributed by atoms with Crippen molar-refractivity contribution in [1.29, 1.82) is 0 Å². The van der Waals surface area contributed by atoms with Crippen molar-refractivity contribution in [3.05, 3.63) is 22.5 Å². The number of H-pyrrole nitrogens is 1. The summed E-state index contributed by atoms with van der Waals surface area (Å²) in [5.74, 6) is -1.20. The van der Waals surface area contributed by atoms with Crippen LogP contribution in [-0.2, 0) is 16.0 Å². The smallest absolute Gasteiger partial charge is 0.352 e. The number of nitrogens with one attached hydrogen (secondary N) is 1. The highest BCUT2D eigenvalue weighted by molar-refractivity contribution is 5.88. The highest BCUT2D eigenvalue weighted by Gasteiger charge is 2.15. The highest BCUT2D eigenvalue weighted by Crippen LogP contribution is 2.20. The van der Waals surface area contributed by atoms with Crippen LogP contribution in [0.3, 0.4) is 0 Å². The summed E-state index contributed by atoms with van der Waals surface area (Å²) < 4.78 is 4.84. The zero-order valence-corrected chi connectivity index (χ0v) is 11.0. The molecule has 18 heavy (non-hydrogen) atoms. The lowest BCUT2D eigenvalue weighted by molar-refractivity contribution is -0.141. The number of hydrogen-bond donors (Lipinski definition) is 2. The summed E-state index contributed by atoms with van der Waals surface area (Å²) >= 11 is 0. The van der Waals surface area contributed by atoms with E-state index in [0.29, 0.717) is 6.61 Å². The molecule has 0 aromatic carbocycles. The molecule has 1 aromatic heterocycles. The van der Waals surface area contributed by atoms with Gasteiger partial charge in [-0.2, -0.15) is 0 Å². The Balaban J connectivity index is 2.52. The third-order valence-electron chi connectivity index (χ3n) is 2.93. The first-order chi connectivity index (χ1) is 8.43. The topological polar surface area (TPSA) is 79.4 Å². The molecular weight excluding hydrogens is 234 g/mol. The molecule has 1 heterocycles. The Hall–Kier alpha value is -1.78. The normalized spacial score (nSPS) is 10.4. The predicted molar refractivity (Wildman–Crippen MR) is 66.8 cm³/mol. The van der Waals surface area contributed by atoms with Gasteiger partial charge in [0.25, 0.3) is 0 Å². The predicted octanol–water partition coefficient (Wildman–Crippen LogP) is 2.22. The zero-order valence-electron chi connectivity index (χ0n) is 11.0. The maximum absolute atomic E-state index is 10.9. The number of esters is 1. The van der Waals surface area contributed by atoms with E-state index in [-0.39, 0.29) is 11.7 Å². The Morgan fingerprint density at radius 3 is 2.44 bits per heavy atom. The van der Waals surface area contributed by atoms with Crippen molar-refractivity contribution < 1.29 is 19.4 Å². The molecule has 2 N–H and O–H groups in total. The van der Waals surface area contributed by atoms with Gasteiger partial charge in [0.2, 0.25) is 0 Å². The minimum Gasteiger partial charge on any atom is -0.477 e. The molecule has 1 aromatic rings. The van der Waals surface area contributed by atoms with Crippen molar-refractivity contribution in [3.8, 4) is 0 Å². The van der Waals surface area contributed by atoms with Crippen molar-refractivity contribution in [2.75, 3.05) is 6.61 Å². The van der Waals surface area contributed by atoms with E-state index in [2.05, 4.69) is 4.98 Å². The molecule has 5 nitrogen and oxygen atoms in total. The lowest BCUT2D eigenvalue weighted by Crippen LogP contribution is -2.01. The van der Waals surface area contributed by atoms with Crippen LogP contribution >= 0.6 is 0 Å². The monoisotopic (exact) mass is 253 g/mol. The molecule has 5 heteroatoms. The van der Waals surface area contributed by atoms with Gasteiger partial charge in [-0.25, -0.2) is 4.79 Å². The molecule has 0 fully saturated rings. The van der Waals surface area contributed by atoms with Gasteiger partial charge >= 0.3 is 11.9 Å². The molecule has 0 aliphatic carbocycles. The summed E-state index contributed by atoms with van der Waals surface area (Å²) in [7, 11) is 0. The highest BCUT2D eigenvalue weighted by atomic mass is 16.5. The van der Waals surface area contributed by atoms with Gasteiger partial charge in [-0.3, -0.25) is 4.79 Å². The van der Waals surface area contributed by atoms with Crippen LogP contribution < -0.4 is 0 Å². The van der Waals surface area contributed by atoms with E-state index < -0.39 is 5.97 Å². The Kier molecular flexibility index (Phi) is 4.95.